The number of nitrogens with one attached hydrogen (secondary N) is 1. The summed E-state index contributed by atoms with van der Waals surface area (Å²) in [4.78, 5) is 16.0. The Kier molecular flexibility index (Phi) is 4.99. The van der Waals surface area contributed by atoms with Gasteiger partial charge in [-0.3, -0.25) is 9.78 Å². The quantitative estimate of drug-likeness (QED) is 0.676. The Labute approximate surface area is 149 Å². The van der Waals surface area contributed by atoms with Crippen molar-refractivity contribution in [1.82, 2.24) is 4.98 Å². The molecule has 0 radical (unpaired) electrons. The summed E-state index contributed by atoms with van der Waals surface area (Å²) in [7, 11) is 0. The van der Waals surface area contributed by atoms with Crippen LogP contribution in [0.1, 0.15) is 10.4 Å². The number of carbonyl (C=O) groups excluding carboxylic acids is 1. The van der Waals surface area contributed by atoms with E-state index in [4.69, 9.17) is 27.9 Å². The predicted octanol–water partition coefficient (Wildman–Crippen LogP) is 5.43. The van der Waals surface area contributed by atoms with Crippen LogP contribution in [-0.2, 0) is 0 Å². The number of halogens is 2. The highest BCUT2D eigenvalue weighted by Crippen LogP contribution is 2.32. The first-order valence-corrected chi connectivity index (χ1v) is 7.82. The summed E-state index contributed by atoms with van der Waals surface area (Å²) in [6.45, 7) is 0. The summed E-state index contributed by atoms with van der Waals surface area (Å²) in [5, 5.41) is 3.72. The molecule has 4 nitrogen and oxygen atoms in total. The second kappa shape index (κ2) is 7.34. The minimum atomic E-state index is -0.239. The number of ether oxygens (including phenoxy) is 1. The van der Waals surface area contributed by atoms with E-state index >= 15 is 0 Å². The Balaban J connectivity index is 1.74. The van der Waals surface area contributed by atoms with Crippen molar-refractivity contribution >= 4 is 34.8 Å². The number of anilines is 1. The molecule has 6 heteroatoms. The minimum absolute atomic E-state index is 0.239. The van der Waals surface area contributed by atoms with Gasteiger partial charge in [-0.25, -0.2) is 0 Å². The molecule has 2 aromatic carbocycles. The maximum absolute atomic E-state index is 12.1. The molecule has 24 heavy (non-hydrogen) atoms. The monoisotopic (exact) mass is 358 g/mol. The number of hydrogen-bond donors (Lipinski definition) is 1. The lowest BCUT2D eigenvalue weighted by atomic mass is 10.2. The summed E-state index contributed by atoms with van der Waals surface area (Å²) in [6.07, 6.45) is 3.12. The standard InChI is InChI=1S/C18H12Cl2N2O2/c19-13-2-1-3-15(10-13)24-17-5-4-14(11-16(17)20)22-18(23)12-6-8-21-9-7-12/h1-11H,(H,22,23). The van der Waals surface area contributed by atoms with E-state index in [0.717, 1.165) is 0 Å². The Morgan fingerprint density at radius 3 is 2.50 bits per heavy atom. The van der Waals surface area contributed by atoms with Crippen LogP contribution in [0.2, 0.25) is 10.0 Å². The van der Waals surface area contributed by atoms with E-state index in [9.17, 15) is 4.79 Å². The van der Waals surface area contributed by atoms with E-state index in [1.165, 1.54) is 0 Å². The molecule has 0 unspecified atom stereocenters. The lowest BCUT2D eigenvalue weighted by molar-refractivity contribution is 0.102. The molecule has 3 rings (SSSR count). The summed E-state index contributed by atoms with van der Waals surface area (Å²) < 4.78 is 5.70. The molecule has 0 aliphatic rings. The molecule has 1 amide bonds. The average molecular weight is 359 g/mol. The van der Waals surface area contributed by atoms with Gasteiger partial charge in [0.1, 0.15) is 11.5 Å². The number of nitrogens with zero attached hydrogens (tertiary/aromatic N) is 1. The average Bonchev–Trinajstić information content (AvgIpc) is 2.58. The number of aromatic nitrogens is 1. The molecule has 0 spiro atoms. The first-order valence-electron chi connectivity index (χ1n) is 7.06. The number of amides is 1. The molecule has 0 saturated heterocycles. The topological polar surface area (TPSA) is 51.2 Å². The van der Waals surface area contributed by atoms with Crippen molar-refractivity contribution < 1.29 is 9.53 Å². The maximum Gasteiger partial charge on any atom is 0.255 e. The van der Waals surface area contributed by atoms with E-state index in [-0.39, 0.29) is 5.91 Å². The van der Waals surface area contributed by atoms with Crippen LogP contribution in [0.4, 0.5) is 5.69 Å². The molecule has 1 heterocycles. The van der Waals surface area contributed by atoms with Gasteiger partial charge in [0.2, 0.25) is 0 Å². The zero-order valence-electron chi connectivity index (χ0n) is 12.4. The van der Waals surface area contributed by atoms with Crippen LogP contribution in [0.15, 0.2) is 67.0 Å². The zero-order valence-corrected chi connectivity index (χ0v) is 13.9. The largest absolute Gasteiger partial charge is 0.456 e. The highest BCUT2D eigenvalue weighted by atomic mass is 35.5. The first kappa shape index (κ1) is 16.3. The molecular formula is C18H12Cl2N2O2. The third kappa shape index (κ3) is 4.04. The van der Waals surface area contributed by atoms with Crippen molar-refractivity contribution in [3.63, 3.8) is 0 Å². The lowest BCUT2D eigenvalue weighted by Crippen LogP contribution is -2.11. The molecule has 0 aliphatic carbocycles. The van der Waals surface area contributed by atoms with E-state index in [1.54, 1.807) is 67.0 Å². The van der Waals surface area contributed by atoms with Crippen molar-refractivity contribution in [2.24, 2.45) is 0 Å². The molecule has 0 fully saturated rings. The van der Waals surface area contributed by atoms with Crippen LogP contribution in [0, 0.1) is 0 Å². The van der Waals surface area contributed by atoms with Crippen LogP contribution in [-0.4, -0.2) is 10.9 Å². The van der Waals surface area contributed by atoms with Crippen LogP contribution < -0.4 is 10.1 Å². The number of hydrogen-bond acceptors (Lipinski definition) is 3. The van der Waals surface area contributed by atoms with Gasteiger partial charge in [-0.2, -0.15) is 0 Å². The van der Waals surface area contributed by atoms with E-state index in [1.807, 2.05) is 0 Å². The summed E-state index contributed by atoms with van der Waals surface area (Å²) in [5.74, 6) is 0.816. The number of pyridine rings is 1. The molecule has 0 bridgehead atoms. The molecule has 1 N–H and O–H groups in total. The second-order valence-electron chi connectivity index (χ2n) is 4.89. The van der Waals surface area contributed by atoms with Crippen molar-refractivity contribution in [2.45, 2.75) is 0 Å². The summed E-state index contributed by atoms with van der Waals surface area (Å²) in [5.41, 5.74) is 1.08. The molecule has 120 valence electrons. The van der Waals surface area contributed by atoms with Crippen molar-refractivity contribution in [2.75, 3.05) is 5.32 Å². The van der Waals surface area contributed by atoms with E-state index < -0.39 is 0 Å². The van der Waals surface area contributed by atoms with Crippen LogP contribution >= 0.6 is 23.2 Å². The Morgan fingerprint density at radius 2 is 1.79 bits per heavy atom. The number of benzene rings is 2. The zero-order chi connectivity index (χ0) is 16.9. The third-order valence-corrected chi connectivity index (χ3v) is 3.69. The maximum atomic E-state index is 12.1. The minimum Gasteiger partial charge on any atom is -0.456 e. The number of rotatable bonds is 4. The van der Waals surface area contributed by atoms with Crippen molar-refractivity contribution in [3.05, 3.63) is 82.6 Å². The highest BCUT2D eigenvalue weighted by molar-refractivity contribution is 6.32. The van der Waals surface area contributed by atoms with Crippen LogP contribution in [0.25, 0.3) is 0 Å². The van der Waals surface area contributed by atoms with E-state index in [2.05, 4.69) is 10.3 Å². The first-order chi connectivity index (χ1) is 11.6. The highest BCUT2D eigenvalue weighted by Gasteiger charge is 2.09. The SMILES string of the molecule is O=C(Nc1ccc(Oc2cccc(Cl)c2)c(Cl)c1)c1ccncc1. The van der Waals surface area contributed by atoms with Gasteiger partial charge >= 0.3 is 0 Å². The normalized spacial score (nSPS) is 10.2. The van der Waals surface area contributed by atoms with Crippen LogP contribution in [0.5, 0.6) is 11.5 Å². The molecular weight excluding hydrogens is 347 g/mol. The van der Waals surface area contributed by atoms with Gasteiger partial charge in [0.15, 0.2) is 0 Å². The molecule has 0 atom stereocenters. The summed E-state index contributed by atoms with van der Waals surface area (Å²) in [6, 6.07) is 15.3. The second-order valence-corrected chi connectivity index (χ2v) is 5.74. The van der Waals surface area contributed by atoms with Gasteiger partial charge in [0.05, 0.1) is 5.02 Å². The molecule has 0 aliphatic heterocycles. The van der Waals surface area contributed by atoms with Gasteiger partial charge in [0, 0.05) is 28.7 Å². The van der Waals surface area contributed by atoms with Gasteiger partial charge in [-0.1, -0.05) is 29.3 Å². The lowest BCUT2D eigenvalue weighted by Gasteiger charge is -2.10. The van der Waals surface area contributed by atoms with Crippen molar-refractivity contribution in [3.8, 4) is 11.5 Å². The molecule has 0 saturated carbocycles. The van der Waals surface area contributed by atoms with Gasteiger partial charge in [0.25, 0.3) is 5.91 Å². The molecule has 3 aromatic rings. The van der Waals surface area contributed by atoms with Gasteiger partial charge in [-0.15, -0.1) is 0 Å². The Morgan fingerprint density at radius 1 is 1.00 bits per heavy atom. The smallest absolute Gasteiger partial charge is 0.255 e. The fraction of sp³-hybridized carbons (Fsp3) is 0. The van der Waals surface area contributed by atoms with Crippen molar-refractivity contribution in [1.29, 1.82) is 0 Å². The van der Waals surface area contributed by atoms with Gasteiger partial charge < -0.3 is 10.1 Å². The molecule has 1 aromatic heterocycles. The Bertz CT molecular complexity index is 870. The summed E-state index contributed by atoms with van der Waals surface area (Å²) >= 11 is 12.2. The number of carbonyl (C=O) groups is 1. The van der Waals surface area contributed by atoms with Gasteiger partial charge in [-0.05, 0) is 48.5 Å². The third-order valence-electron chi connectivity index (χ3n) is 3.16. The van der Waals surface area contributed by atoms with Crippen LogP contribution in [0.3, 0.4) is 0 Å². The Hall–Kier alpha value is -2.56. The fourth-order valence-corrected chi connectivity index (χ4v) is 2.42. The van der Waals surface area contributed by atoms with E-state index in [0.29, 0.717) is 32.8 Å². The predicted molar refractivity (Wildman–Crippen MR) is 95.2 cm³/mol. The fourth-order valence-electron chi connectivity index (χ4n) is 2.03.